The second-order valence-electron chi connectivity index (χ2n) is 7.24. The first-order chi connectivity index (χ1) is 15.8. The lowest BCUT2D eigenvalue weighted by Gasteiger charge is -2.10. The molecule has 9 heteroatoms. The van der Waals surface area contributed by atoms with Crippen LogP contribution in [0.25, 0.3) is 11.0 Å². The van der Waals surface area contributed by atoms with E-state index in [9.17, 15) is 18.0 Å². The molecule has 0 aliphatic rings. The van der Waals surface area contributed by atoms with Crippen LogP contribution >= 0.6 is 23.4 Å². The number of benzene rings is 3. The lowest BCUT2D eigenvalue weighted by molar-refractivity contribution is -0.141. The van der Waals surface area contributed by atoms with Gasteiger partial charge in [-0.25, -0.2) is 4.98 Å². The molecule has 4 rings (SSSR count). The van der Waals surface area contributed by atoms with Crippen molar-refractivity contribution < 1.29 is 22.7 Å². The Morgan fingerprint density at radius 1 is 1.00 bits per heavy atom. The minimum Gasteiger partial charge on any atom is -0.460 e. The number of esters is 1. The number of fused-ring (bicyclic) bond motifs is 1. The fraction of sp³-hybridized carbons (Fsp3) is 0.167. The highest BCUT2D eigenvalue weighted by Crippen LogP contribution is 2.33. The zero-order valence-corrected chi connectivity index (χ0v) is 18.8. The van der Waals surface area contributed by atoms with Crippen LogP contribution in [-0.2, 0) is 28.9 Å². The number of hydrogen-bond donors (Lipinski definition) is 0. The number of carbonyl (C=O) groups excluding carboxylic acids is 1. The molecule has 0 spiro atoms. The Bertz CT molecular complexity index is 1260. The van der Waals surface area contributed by atoms with Crippen LogP contribution in [0, 0.1) is 0 Å². The molecule has 0 atom stereocenters. The quantitative estimate of drug-likeness (QED) is 0.216. The average molecular weight is 491 g/mol. The zero-order valence-electron chi connectivity index (χ0n) is 17.2. The van der Waals surface area contributed by atoms with E-state index in [1.807, 2.05) is 34.9 Å². The van der Waals surface area contributed by atoms with Gasteiger partial charge in [0.1, 0.15) is 6.61 Å². The number of rotatable bonds is 7. The zero-order chi connectivity index (χ0) is 23.4. The van der Waals surface area contributed by atoms with Crippen molar-refractivity contribution in [3.63, 3.8) is 0 Å². The Kier molecular flexibility index (Phi) is 6.95. The normalized spacial score (nSPS) is 11.6. The van der Waals surface area contributed by atoms with E-state index >= 15 is 0 Å². The number of halogens is 4. The second-order valence-corrected chi connectivity index (χ2v) is 8.62. The molecule has 0 aliphatic heterocycles. The van der Waals surface area contributed by atoms with Crippen molar-refractivity contribution >= 4 is 40.4 Å². The molecule has 0 fully saturated rings. The van der Waals surface area contributed by atoms with Gasteiger partial charge in [-0.1, -0.05) is 65.8 Å². The largest absolute Gasteiger partial charge is 0.460 e. The van der Waals surface area contributed by atoms with Crippen molar-refractivity contribution in [1.82, 2.24) is 9.55 Å². The van der Waals surface area contributed by atoms with Crippen molar-refractivity contribution in [2.24, 2.45) is 0 Å². The number of imidazole rings is 1. The fourth-order valence-electron chi connectivity index (χ4n) is 3.22. The van der Waals surface area contributed by atoms with Crippen LogP contribution in [0.4, 0.5) is 13.2 Å². The lowest BCUT2D eigenvalue weighted by Crippen LogP contribution is -2.09. The Morgan fingerprint density at radius 3 is 2.42 bits per heavy atom. The first kappa shape index (κ1) is 23.2. The van der Waals surface area contributed by atoms with E-state index in [0.717, 1.165) is 35.0 Å². The molecule has 4 aromatic rings. The van der Waals surface area contributed by atoms with Gasteiger partial charge in [-0.15, -0.1) is 0 Å². The number of nitrogens with zero attached hydrogens (tertiary/aromatic N) is 2. The summed E-state index contributed by atoms with van der Waals surface area (Å²) < 4.78 is 46.6. The standard InChI is InChI=1S/C24H18ClF3N2O2S/c25-19-9-6-17(7-10-19)14-32-22(31)15-33-23-29-20-12-18(24(26,27)28)8-11-21(20)30(23)13-16-4-2-1-3-5-16/h1-12H,13-15H2. The highest BCUT2D eigenvalue weighted by Gasteiger charge is 2.31. The number of ether oxygens (including phenoxy) is 1. The second kappa shape index (κ2) is 9.89. The van der Waals surface area contributed by atoms with Crippen molar-refractivity contribution in [3.8, 4) is 0 Å². The van der Waals surface area contributed by atoms with Crippen LogP contribution in [0.15, 0.2) is 78.0 Å². The first-order valence-electron chi connectivity index (χ1n) is 9.94. The fourth-order valence-corrected chi connectivity index (χ4v) is 4.16. The topological polar surface area (TPSA) is 44.1 Å². The third-order valence-electron chi connectivity index (χ3n) is 4.86. The van der Waals surface area contributed by atoms with Crippen LogP contribution in [0.5, 0.6) is 0 Å². The molecule has 0 unspecified atom stereocenters. The molecular formula is C24H18ClF3N2O2S. The molecule has 1 heterocycles. The summed E-state index contributed by atoms with van der Waals surface area (Å²) in [5, 5.41) is 1.03. The molecule has 0 aliphatic carbocycles. The molecule has 0 radical (unpaired) electrons. The van der Waals surface area contributed by atoms with Crippen LogP contribution < -0.4 is 0 Å². The predicted molar refractivity (Wildman–Crippen MR) is 122 cm³/mol. The summed E-state index contributed by atoms with van der Waals surface area (Å²) in [5.41, 5.74) is 1.78. The molecule has 0 amide bonds. The Labute approximate surface area is 197 Å². The predicted octanol–water partition coefficient (Wildman–Crippen LogP) is 6.59. The van der Waals surface area contributed by atoms with Gasteiger partial charge >= 0.3 is 12.1 Å². The molecule has 0 N–H and O–H groups in total. The Morgan fingerprint density at radius 2 is 1.73 bits per heavy atom. The summed E-state index contributed by atoms with van der Waals surface area (Å²) >= 11 is 6.98. The van der Waals surface area contributed by atoms with Crippen molar-refractivity contribution in [2.45, 2.75) is 24.5 Å². The summed E-state index contributed by atoms with van der Waals surface area (Å²) in [5.74, 6) is -0.484. The number of alkyl halides is 3. The average Bonchev–Trinajstić information content (AvgIpc) is 3.14. The van der Waals surface area contributed by atoms with Crippen LogP contribution in [0.3, 0.4) is 0 Å². The van der Waals surface area contributed by atoms with Gasteiger partial charge in [0.05, 0.1) is 28.9 Å². The van der Waals surface area contributed by atoms with Gasteiger partial charge < -0.3 is 9.30 Å². The van der Waals surface area contributed by atoms with E-state index in [2.05, 4.69) is 4.98 Å². The Balaban J connectivity index is 1.53. The minimum absolute atomic E-state index is 0.0299. The first-order valence-corrected chi connectivity index (χ1v) is 11.3. The summed E-state index contributed by atoms with van der Waals surface area (Å²) in [7, 11) is 0. The molecular weight excluding hydrogens is 473 g/mol. The van der Waals surface area contributed by atoms with E-state index < -0.39 is 17.7 Å². The van der Waals surface area contributed by atoms with E-state index in [4.69, 9.17) is 16.3 Å². The van der Waals surface area contributed by atoms with Crippen LogP contribution in [0.1, 0.15) is 16.7 Å². The number of aromatic nitrogens is 2. The van der Waals surface area contributed by atoms with Crippen molar-refractivity contribution in [2.75, 3.05) is 5.75 Å². The molecule has 33 heavy (non-hydrogen) atoms. The van der Waals surface area contributed by atoms with Crippen LogP contribution in [-0.4, -0.2) is 21.3 Å². The number of hydrogen-bond acceptors (Lipinski definition) is 4. The summed E-state index contributed by atoms with van der Waals surface area (Å²) in [4.78, 5) is 16.7. The van der Waals surface area contributed by atoms with Crippen molar-refractivity contribution in [3.05, 3.63) is 94.5 Å². The van der Waals surface area contributed by atoms with Gasteiger partial charge in [0.15, 0.2) is 5.16 Å². The van der Waals surface area contributed by atoms with Gasteiger partial charge in [0.2, 0.25) is 0 Å². The minimum atomic E-state index is -4.46. The summed E-state index contributed by atoms with van der Waals surface area (Å²) in [6, 6.07) is 19.9. The van der Waals surface area contributed by atoms with E-state index in [1.165, 1.54) is 6.07 Å². The van der Waals surface area contributed by atoms with Gasteiger partial charge in [-0.05, 0) is 41.5 Å². The SMILES string of the molecule is O=C(CSc1nc2cc(C(F)(F)F)ccc2n1Cc1ccccc1)OCc1ccc(Cl)cc1. The molecule has 4 nitrogen and oxygen atoms in total. The maximum absolute atomic E-state index is 13.2. The smallest absolute Gasteiger partial charge is 0.416 e. The van der Waals surface area contributed by atoms with Crippen LogP contribution in [0.2, 0.25) is 5.02 Å². The molecule has 3 aromatic carbocycles. The maximum Gasteiger partial charge on any atom is 0.416 e. The van der Waals surface area contributed by atoms with E-state index in [1.54, 1.807) is 24.3 Å². The lowest BCUT2D eigenvalue weighted by atomic mass is 10.2. The van der Waals surface area contributed by atoms with E-state index in [-0.39, 0.29) is 17.9 Å². The maximum atomic E-state index is 13.2. The van der Waals surface area contributed by atoms with Gasteiger partial charge in [-0.2, -0.15) is 13.2 Å². The number of carbonyl (C=O) groups is 1. The third-order valence-corrected chi connectivity index (χ3v) is 6.06. The summed E-state index contributed by atoms with van der Waals surface area (Å²) in [6.07, 6.45) is -4.46. The van der Waals surface area contributed by atoms with E-state index in [0.29, 0.717) is 22.2 Å². The highest BCUT2D eigenvalue weighted by atomic mass is 35.5. The van der Waals surface area contributed by atoms with Crippen molar-refractivity contribution in [1.29, 1.82) is 0 Å². The Hall–Kier alpha value is -2.97. The molecule has 0 saturated heterocycles. The summed E-state index contributed by atoms with van der Waals surface area (Å²) in [6.45, 7) is 0.511. The molecule has 170 valence electrons. The van der Waals surface area contributed by atoms with Gasteiger partial charge in [-0.3, -0.25) is 4.79 Å². The monoisotopic (exact) mass is 490 g/mol. The van der Waals surface area contributed by atoms with Gasteiger partial charge in [0, 0.05) is 5.02 Å². The molecule has 0 bridgehead atoms. The number of thioether (sulfide) groups is 1. The highest BCUT2D eigenvalue weighted by molar-refractivity contribution is 7.99. The van der Waals surface area contributed by atoms with Gasteiger partial charge in [0.25, 0.3) is 0 Å². The third kappa shape index (κ3) is 5.89. The molecule has 1 aromatic heterocycles. The molecule has 0 saturated carbocycles.